The summed E-state index contributed by atoms with van der Waals surface area (Å²) in [5.41, 5.74) is 0. The fourth-order valence-electron chi connectivity index (χ4n) is 6.19. The van der Waals surface area contributed by atoms with Gasteiger partial charge in [-0.05, 0) is 89.9 Å². The quantitative estimate of drug-likeness (QED) is 0.0200. The lowest BCUT2D eigenvalue weighted by Crippen LogP contribution is -2.43. The zero-order valence-corrected chi connectivity index (χ0v) is 40.0. The van der Waals surface area contributed by atoms with Crippen molar-refractivity contribution < 1.29 is 47.8 Å². The Bertz CT molecular complexity index is 1390. The van der Waals surface area contributed by atoms with Gasteiger partial charge in [0, 0.05) is 12.8 Å². The van der Waals surface area contributed by atoms with E-state index < -0.39 is 57.6 Å². The van der Waals surface area contributed by atoms with Crippen LogP contribution in [0.15, 0.2) is 85.1 Å². The predicted octanol–water partition coefficient (Wildman–Crippen LogP) is 13.1. The lowest BCUT2D eigenvalue weighted by Gasteiger charge is -2.18. The Labute approximate surface area is 381 Å². The summed E-state index contributed by atoms with van der Waals surface area (Å²) in [5.74, 6) is -2.42. The highest BCUT2D eigenvalue weighted by Gasteiger charge is 2.28. The summed E-state index contributed by atoms with van der Waals surface area (Å²) < 4.78 is 26.9. The third-order valence-electron chi connectivity index (χ3n) is 9.92. The van der Waals surface area contributed by atoms with Crippen molar-refractivity contribution in [1.82, 2.24) is 5.32 Å². The average molecular weight is 904 g/mol. The normalized spacial score (nSPS) is 14.3. The molecular formula is C51H86NO10P. The van der Waals surface area contributed by atoms with Crippen molar-refractivity contribution in [1.29, 1.82) is 0 Å². The maximum absolute atomic E-state index is 12.3. The number of unbranched alkanes of at least 4 members (excludes halogenated alkanes) is 16. The number of ether oxygens (including phenoxy) is 1. The Kier molecular flexibility index (Phi) is 42.8. The number of aliphatic carboxylic acids is 1. The number of phosphoric acid groups is 1. The molecule has 0 rings (SSSR count). The fraction of sp³-hybridized carbons (Fsp3) is 0.667. The molecule has 12 heteroatoms. The highest BCUT2D eigenvalue weighted by atomic mass is 31.2. The number of nitrogens with one attached hydrogen (secondary N) is 1. The Morgan fingerprint density at radius 3 is 1.40 bits per heavy atom. The summed E-state index contributed by atoms with van der Waals surface area (Å²) in [4.78, 5) is 46.0. The standard InChI is InChI=1S/C51H86NO10P/c1-3-5-7-9-11-13-15-17-19-21-22-23-24-25-26-27-29-31-33-35-37-39-41-43-50(55)60-44-47(53)45-61-63(58,59)62-46-48(51(56)57)52-49(54)42-40-38-36-34-32-30-28-20-18-16-14-12-10-8-6-4-2/h5,7,11,13,17,19-20,22-23,25-26,28-29,31,47-48,53H,3-4,6,8-10,12,14-16,18,21,24,27,30,32-46H2,1-2H3,(H,52,54)(H,56,57)(H,58,59)/b7-5-,13-11-,19-17-,23-22-,26-25-,28-20-,31-29-. The first-order valence-corrected chi connectivity index (χ1v) is 25.6. The van der Waals surface area contributed by atoms with Crippen molar-refractivity contribution >= 4 is 25.7 Å². The zero-order chi connectivity index (χ0) is 46.3. The molecule has 0 aliphatic rings. The highest BCUT2D eigenvalue weighted by molar-refractivity contribution is 7.47. The van der Waals surface area contributed by atoms with Gasteiger partial charge in [-0.15, -0.1) is 0 Å². The summed E-state index contributed by atoms with van der Waals surface area (Å²) in [6.07, 6.45) is 56.0. The number of carboxylic acids is 1. The van der Waals surface area contributed by atoms with Crippen molar-refractivity contribution in [2.45, 2.75) is 199 Å². The molecule has 0 bridgehead atoms. The summed E-state index contributed by atoms with van der Waals surface area (Å²) in [6, 6.07) is -1.56. The van der Waals surface area contributed by atoms with Crippen LogP contribution in [0.5, 0.6) is 0 Å². The number of allylic oxidation sites excluding steroid dienone is 14. The van der Waals surface area contributed by atoms with Gasteiger partial charge in [-0.2, -0.15) is 0 Å². The highest BCUT2D eigenvalue weighted by Crippen LogP contribution is 2.43. The van der Waals surface area contributed by atoms with E-state index in [9.17, 15) is 34.1 Å². The number of amides is 1. The van der Waals surface area contributed by atoms with Crippen LogP contribution in [0.2, 0.25) is 0 Å². The molecular weight excluding hydrogens is 818 g/mol. The first kappa shape index (κ1) is 59.7. The second-order valence-electron chi connectivity index (χ2n) is 15.9. The van der Waals surface area contributed by atoms with E-state index in [4.69, 9.17) is 13.8 Å². The lowest BCUT2D eigenvalue weighted by molar-refractivity contribution is -0.147. The van der Waals surface area contributed by atoms with Gasteiger partial charge in [-0.3, -0.25) is 18.6 Å². The molecule has 0 saturated carbocycles. The third-order valence-corrected chi connectivity index (χ3v) is 10.9. The van der Waals surface area contributed by atoms with Gasteiger partial charge in [-0.1, -0.05) is 170 Å². The zero-order valence-electron chi connectivity index (χ0n) is 39.1. The monoisotopic (exact) mass is 904 g/mol. The number of aliphatic hydroxyl groups is 1. The third kappa shape index (κ3) is 45.0. The fourth-order valence-corrected chi connectivity index (χ4v) is 6.97. The number of carbonyl (C=O) groups excluding carboxylic acids is 2. The van der Waals surface area contributed by atoms with Crippen LogP contribution >= 0.6 is 7.82 Å². The van der Waals surface area contributed by atoms with Crippen LogP contribution in [0.3, 0.4) is 0 Å². The number of esters is 1. The van der Waals surface area contributed by atoms with E-state index in [1.807, 2.05) is 0 Å². The van der Waals surface area contributed by atoms with Crippen molar-refractivity contribution in [2.75, 3.05) is 19.8 Å². The van der Waals surface area contributed by atoms with Gasteiger partial charge in [0.1, 0.15) is 12.7 Å². The van der Waals surface area contributed by atoms with Gasteiger partial charge < -0.3 is 25.2 Å². The Morgan fingerprint density at radius 1 is 0.524 bits per heavy atom. The van der Waals surface area contributed by atoms with E-state index in [-0.39, 0.29) is 12.8 Å². The second kappa shape index (κ2) is 45.2. The van der Waals surface area contributed by atoms with Crippen LogP contribution in [0, 0.1) is 0 Å². The number of phosphoric ester groups is 1. The predicted molar refractivity (Wildman–Crippen MR) is 258 cm³/mol. The van der Waals surface area contributed by atoms with Crippen LogP contribution in [-0.2, 0) is 32.7 Å². The lowest BCUT2D eigenvalue weighted by atomic mass is 10.1. The van der Waals surface area contributed by atoms with Crippen LogP contribution in [-0.4, -0.2) is 64.9 Å². The molecule has 0 aromatic heterocycles. The van der Waals surface area contributed by atoms with Crippen molar-refractivity contribution in [3.8, 4) is 0 Å². The van der Waals surface area contributed by atoms with E-state index in [2.05, 4.69) is 104 Å². The number of aliphatic hydroxyl groups excluding tert-OH is 1. The van der Waals surface area contributed by atoms with Gasteiger partial charge in [0.05, 0.1) is 13.2 Å². The number of hydrogen-bond acceptors (Lipinski definition) is 8. The van der Waals surface area contributed by atoms with Crippen LogP contribution in [0.25, 0.3) is 0 Å². The topological polar surface area (TPSA) is 169 Å². The molecule has 0 aliphatic carbocycles. The van der Waals surface area contributed by atoms with Gasteiger partial charge in [0.25, 0.3) is 0 Å². The second-order valence-corrected chi connectivity index (χ2v) is 17.4. The summed E-state index contributed by atoms with van der Waals surface area (Å²) in [5, 5.41) is 21.9. The smallest absolute Gasteiger partial charge is 0.472 e. The van der Waals surface area contributed by atoms with Gasteiger partial charge in [0.15, 0.2) is 6.04 Å². The molecule has 0 aromatic carbocycles. The molecule has 0 heterocycles. The number of carbonyl (C=O) groups is 3. The van der Waals surface area contributed by atoms with E-state index in [1.54, 1.807) is 0 Å². The molecule has 0 fully saturated rings. The number of carboxylic acid groups (broad SMARTS) is 1. The van der Waals surface area contributed by atoms with E-state index in [0.717, 1.165) is 103 Å². The molecule has 0 radical (unpaired) electrons. The molecule has 63 heavy (non-hydrogen) atoms. The van der Waals surface area contributed by atoms with E-state index in [0.29, 0.717) is 12.8 Å². The van der Waals surface area contributed by atoms with E-state index >= 15 is 0 Å². The van der Waals surface area contributed by atoms with Gasteiger partial charge >= 0.3 is 19.8 Å². The Hall–Kier alpha value is -3.34. The van der Waals surface area contributed by atoms with Crippen molar-refractivity contribution in [3.63, 3.8) is 0 Å². The summed E-state index contributed by atoms with van der Waals surface area (Å²) in [6.45, 7) is 2.44. The molecule has 0 aliphatic heterocycles. The first-order valence-electron chi connectivity index (χ1n) is 24.1. The maximum atomic E-state index is 12.3. The summed E-state index contributed by atoms with van der Waals surface area (Å²) >= 11 is 0. The SMILES string of the molecule is CC/C=C\C/C=C\C/C=C\C/C=C\C/C=C\C/C=C\CCCCCCC(=O)OCC(O)COP(=O)(O)OCC(NC(=O)CCCCCCC/C=C\CCCCCCCCC)C(=O)O. The molecule has 3 unspecified atom stereocenters. The van der Waals surface area contributed by atoms with Crippen molar-refractivity contribution in [3.05, 3.63) is 85.1 Å². The van der Waals surface area contributed by atoms with Crippen LogP contribution in [0.4, 0.5) is 0 Å². The number of hydrogen-bond donors (Lipinski definition) is 4. The average Bonchev–Trinajstić information content (AvgIpc) is 3.26. The largest absolute Gasteiger partial charge is 0.480 e. The van der Waals surface area contributed by atoms with Crippen LogP contribution in [0.1, 0.15) is 187 Å². The summed E-state index contributed by atoms with van der Waals surface area (Å²) in [7, 11) is -4.77. The van der Waals surface area contributed by atoms with Crippen LogP contribution < -0.4 is 5.32 Å². The molecule has 0 saturated heterocycles. The molecule has 360 valence electrons. The maximum Gasteiger partial charge on any atom is 0.472 e. The first-order chi connectivity index (χ1) is 30.6. The van der Waals surface area contributed by atoms with Crippen molar-refractivity contribution in [2.24, 2.45) is 0 Å². The molecule has 11 nitrogen and oxygen atoms in total. The van der Waals surface area contributed by atoms with Gasteiger partial charge in [-0.25, -0.2) is 9.36 Å². The van der Waals surface area contributed by atoms with Gasteiger partial charge in [0.2, 0.25) is 5.91 Å². The Balaban J connectivity index is 3.93. The molecule has 1 amide bonds. The Morgan fingerprint density at radius 2 is 0.921 bits per heavy atom. The molecule has 0 aromatic rings. The molecule has 4 N–H and O–H groups in total. The minimum absolute atomic E-state index is 0.130. The number of rotatable bonds is 44. The minimum Gasteiger partial charge on any atom is -0.480 e. The van der Waals surface area contributed by atoms with E-state index in [1.165, 1.54) is 44.9 Å². The molecule has 3 atom stereocenters. The molecule has 0 spiro atoms. The minimum atomic E-state index is -4.77.